The highest BCUT2D eigenvalue weighted by Gasteiger charge is 2.72. The fraction of sp³-hybridized carbons (Fsp3) is 1.00. The molecule has 2 nitrogen and oxygen atoms in total. The minimum absolute atomic E-state index is 0.161. The van der Waals surface area contributed by atoms with Crippen LogP contribution in [-0.2, 0) is 4.74 Å². The van der Waals surface area contributed by atoms with Crippen LogP contribution in [0.5, 0.6) is 0 Å². The lowest BCUT2D eigenvalue weighted by Gasteiger charge is -2.56. The summed E-state index contributed by atoms with van der Waals surface area (Å²) in [6.45, 7) is 7.90. The van der Waals surface area contributed by atoms with E-state index in [1.807, 2.05) is 0 Å². The zero-order valence-electron chi connectivity index (χ0n) is 16.5. The highest BCUT2D eigenvalue weighted by Crippen LogP contribution is 2.69. The van der Waals surface area contributed by atoms with Crippen molar-refractivity contribution >= 4 is 0 Å². The first-order valence-electron chi connectivity index (χ1n) is 11.4. The van der Waals surface area contributed by atoms with Gasteiger partial charge in [0.05, 0.1) is 11.7 Å². The zero-order valence-corrected chi connectivity index (χ0v) is 16.5. The Morgan fingerprint density at radius 3 is 2.36 bits per heavy atom. The van der Waals surface area contributed by atoms with Crippen LogP contribution in [0.3, 0.4) is 0 Å². The highest BCUT2D eigenvalue weighted by atomic mass is 16.5. The predicted molar refractivity (Wildman–Crippen MR) is 100 cm³/mol. The minimum Gasteiger partial charge on any atom is -0.387 e. The molecule has 0 spiro atoms. The van der Waals surface area contributed by atoms with Crippen molar-refractivity contribution < 1.29 is 9.84 Å². The predicted octanol–water partition coefficient (Wildman–Crippen LogP) is 5.04. The van der Waals surface area contributed by atoms with Crippen LogP contribution in [0.15, 0.2) is 0 Å². The van der Waals surface area contributed by atoms with Crippen LogP contribution < -0.4 is 0 Å². The first-order valence-corrected chi connectivity index (χ1v) is 11.4. The maximum Gasteiger partial charge on any atom is 0.0968 e. The summed E-state index contributed by atoms with van der Waals surface area (Å²) in [6, 6.07) is 0. The maximum absolute atomic E-state index is 11.0. The Morgan fingerprint density at radius 2 is 1.60 bits per heavy atom. The van der Waals surface area contributed by atoms with E-state index in [4.69, 9.17) is 4.74 Å². The van der Waals surface area contributed by atoms with Gasteiger partial charge in [0.1, 0.15) is 0 Å². The third-order valence-corrected chi connectivity index (χ3v) is 10.1. The van der Waals surface area contributed by atoms with Gasteiger partial charge in [0, 0.05) is 12.5 Å². The molecule has 0 aromatic rings. The molecule has 5 saturated carbocycles. The second-order valence-corrected chi connectivity index (χ2v) is 10.5. The summed E-state index contributed by atoms with van der Waals surface area (Å²) in [4.78, 5) is 0. The number of ether oxygens (including phenoxy) is 1. The third-order valence-electron chi connectivity index (χ3n) is 10.1. The van der Waals surface area contributed by atoms with Crippen molar-refractivity contribution in [3.63, 3.8) is 0 Å². The molecular weight excluding hydrogens is 308 g/mol. The van der Waals surface area contributed by atoms with Crippen molar-refractivity contribution in [2.24, 2.45) is 46.8 Å². The van der Waals surface area contributed by atoms with Gasteiger partial charge in [-0.3, -0.25) is 0 Å². The molecule has 5 aliphatic rings. The third kappa shape index (κ3) is 2.16. The molecule has 142 valence electrons. The summed E-state index contributed by atoms with van der Waals surface area (Å²) in [5, 5.41) is 11.0. The van der Waals surface area contributed by atoms with Gasteiger partial charge in [-0.05, 0) is 99.2 Å². The number of hydrogen-bond donors (Lipinski definition) is 1. The van der Waals surface area contributed by atoms with E-state index in [1.165, 1.54) is 51.4 Å². The molecular formula is C23H38O2. The minimum atomic E-state index is -0.451. The van der Waals surface area contributed by atoms with Gasteiger partial charge in [0.2, 0.25) is 0 Å². The van der Waals surface area contributed by atoms with E-state index in [-0.39, 0.29) is 6.10 Å². The second kappa shape index (κ2) is 5.71. The fourth-order valence-electron chi connectivity index (χ4n) is 8.98. The van der Waals surface area contributed by atoms with E-state index < -0.39 is 5.60 Å². The summed E-state index contributed by atoms with van der Waals surface area (Å²) in [7, 11) is 0. The Balaban J connectivity index is 1.36. The molecule has 0 aliphatic heterocycles. The SMILES string of the molecule is CCOC1C2[C@@H]3CC[C@@H]4[C@H](CC[C@]5(C)C(CC)CC[C@@H]45)[C@H]3CC[C@]12O. The molecule has 0 bridgehead atoms. The van der Waals surface area contributed by atoms with Crippen LogP contribution >= 0.6 is 0 Å². The van der Waals surface area contributed by atoms with Gasteiger partial charge in [-0.2, -0.15) is 0 Å². The Hall–Kier alpha value is -0.0800. The summed E-state index contributed by atoms with van der Waals surface area (Å²) in [5.74, 6) is 6.04. The van der Waals surface area contributed by atoms with Gasteiger partial charge in [-0.15, -0.1) is 0 Å². The molecule has 0 aromatic carbocycles. The van der Waals surface area contributed by atoms with Gasteiger partial charge in [-0.1, -0.05) is 20.3 Å². The fourth-order valence-corrected chi connectivity index (χ4v) is 8.98. The summed E-state index contributed by atoms with van der Waals surface area (Å²) in [5.41, 5.74) is 0.194. The summed E-state index contributed by atoms with van der Waals surface area (Å²) >= 11 is 0. The molecule has 2 heteroatoms. The van der Waals surface area contributed by atoms with Crippen LogP contribution in [0.1, 0.15) is 78.6 Å². The average molecular weight is 347 g/mol. The molecule has 0 saturated heterocycles. The first kappa shape index (κ1) is 17.0. The van der Waals surface area contributed by atoms with Crippen molar-refractivity contribution in [1.29, 1.82) is 0 Å². The lowest BCUT2D eigenvalue weighted by atomic mass is 9.49. The van der Waals surface area contributed by atoms with Crippen molar-refractivity contribution in [2.75, 3.05) is 6.61 Å². The molecule has 5 fully saturated rings. The number of aliphatic hydroxyl groups is 1. The topological polar surface area (TPSA) is 29.5 Å². The lowest BCUT2D eigenvalue weighted by Crippen LogP contribution is -2.49. The first-order chi connectivity index (χ1) is 12.0. The van der Waals surface area contributed by atoms with Crippen molar-refractivity contribution in [1.82, 2.24) is 0 Å². The van der Waals surface area contributed by atoms with Crippen LogP contribution in [-0.4, -0.2) is 23.4 Å². The number of rotatable bonds is 3. The quantitative estimate of drug-likeness (QED) is 0.775. The van der Waals surface area contributed by atoms with E-state index in [9.17, 15) is 5.11 Å². The summed E-state index contributed by atoms with van der Waals surface area (Å²) in [6.07, 6.45) is 12.6. The number of hydrogen-bond acceptors (Lipinski definition) is 2. The van der Waals surface area contributed by atoms with Crippen LogP contribution in [0.25, 0.3) is 0 Å². The van der Waals surface area contributed by atoms with Crippen molar-refractivity contribution in [2.45, 2.75) is 90.3 Å². The molecule has 10 atom stereocenters. The highest BCUT2D eigenvalue weighted by molar-refractivity contribution is 5.21. The molecule has 5 rings (SSSR count). The standard InChI is InChI=1S/C23H38O2/c1-4-14-6-9-19-17-7-8-18-16(15(17)10-12-22(14,19)3)11-13-23(24)20(18)21(23)25-5-2/h14-21,24H,4-13H2,1-3H3/t14?,15-,16-,17-,18-,19+,20?,21?,22-,23-/m1/s1. The Labute approximate surface area is 154 Å². The van der Waals surface area contributed by atoms with Gasteiger partial charge in [0.25, 0.3) is 0 Å². The Kier molecular flexibility index (Phi) is 3.89. The van der Waals surface area contributed by atoms with Crippen molar-refractivity contribution in [3.05, 3.63) is 0 Å². The van der Waals surface area contributed by atoms with Crippen LogP contribution in [0.2, 0.25) is 0 Å². The van der Waals surface area contributed by atoms with E-state index in [0.29, 0.717) is 11.3 Å². The summed E-state index contributed by atoms with van der Waals surface area (Å²) < 4.78 is 5.95. The Bertz CT molecular complexity index is 532. The van der Waals surface area contributed by atoms with Crippen LogP contribution in [0.4, 0.5) is 0 Å². The monoisotopic (exact) mass is 346 g/mol. The van der Waals surface area contributed by atoms with Gasteiger partial charge >= 0.3 is 0 Å². The zero-order chi connectivity index (χ0) is 17.4. The smallest absolute Gasteiger partial charge is 0.0968 e. The van der Waals surface area contributed by atoms with Crippen molar-refractivity contribution in [3.8, 4) is 0 Å². The average Bonchev–Trinajstić information content (AvgIpc) is 3.05. The number of fused-ring (bicyclic) bond motifs is 7. The Morgan fingerprint density at radius 1 is 0.880 bits per heavy atom. The van der Waals surface area contributed by atoms with E-state index in [2.05, 4.69) is 20.8 Å². The van der Waals surface area contributed by atoms with Gasteiger partial charge < -0.3 is 9.84 Å². The molecule has 0 amide bonds. The molecule has 0 radical (unpaired) electrons. The van der Waals surface area contributed by atoms with E-state index >= 15 is 0 Å². The molecule has 25 heavy (non-hydrogen) atoms. The lowest BCUT2D eigenvalue weighted by molar-refractivity contribution is -0.0796. The van der Waals surface area contributed by atoms with Gasteiger partial charge in [0.15, 0.2) is 0 Å². The van der Waals surface area contributed by atoms with Crippen LogP contribution in [0, 0.1) is 46.8 Å². The van der Waals surface area contributed by atoms with E-state index in [0.717, 1.165) is 48.5 Å². The van der Waals surface area contributed by atoms with Gasteiger partial charge in [-0.25, -0.2) is 0 Å². The molecule has 5 aliphatic carbocycles. The molecule has 3 unspecified atom stereocenters. The second-order valence-electron chi connectivity index (χ2n) is 10.5. The molecule has 0 aromatic heterocycles. The molecule has 1 N–H and O–H groups in total. The van der Waals surface area contributed by atoms with E-state index in [1.54, 1.807) is 0 Å². The molecule has 0 heterocycles. The largest absolute Gasteiger partial charge is 0.387 e. The maximum atomic E-state index is 11.0. The normalized spacial score (nSPS) is 59.5.